The molecule has 0 aliphatic rings. The van der Waals surface area contributed by atoms with Crippen LogP contribution in [0.3, 0.4) is 0 Å². The van der Waals surface area contributed by atoms with Crippen LogP contribution < -0.4 is 10.6 Å². The molecule has 2 aromatic rings. The maximum atomic E-state index is 12.5. The number of nitrogens with zero attached hydrogens (tertiary/aromatic N) is 1. The number of carbonyl (C=O) groups excluding carboxylic acids is 2. The van der Waals surface area contributed by atoms with Gasteiger partial charge >= 0.3 is 0 Å². The molecule has 0 saturated carbocycles. The Hall–Kier alpha value is -2.78. The number of benzene rings is 2. The third-order valence-corrected chi connectivity index (χ3v) is 4.72. The monoisotopic (exact) mass is 367 g/mol. The summed E-state index contributed by atoms with van der Waals surface area (Å²) in [6.07, 6.45) is 1.13. The molecular weight excluding hydrogens is 346 g/mol. The van der Waals surface area contributed by atoms with Crippen molar-refractivity contribution in [3.8, 4) is 6.07 Å². The fraction of sp³-hybridized carbons (Fsp3) is 0.250. The molecule has 26 heavy (non-hydrogen) atoms. The van der Waals surface area contributed by atoms with E-state index < -0.39 is 0 Å². The number of nitrogens with one attached hydrogen (secondary N) is 2. The van der Waals surface area contributed by atoms with Crippen molar-refractivity contribution in [2.45, 2.75) is 29.6 Å². The minimum Gasteiger partial charge on any atom is -0.356 e. The van der Waals surface area contributed by atoms with E-state index in [4.69, 9.17) is 0 Å². The van der Waals surface area contributed by atoms with Crippen molar-refractivity contribution in [2.24, 2.45) is 0 Å². The van der Waals surface area contributed by atoms with E-state index in [-0.39, 0.29) is 24.8 Å². The Kier molecular flexibility index (Phi) is 7.72. The maximum Gasteiger partial charge on any atom is 0.252 e. The Morgan fingerprint density at radius 3 is 2.42 bits per heavy atom. The molecule has 2 rings (SSSR count). The van der Waals surface area contributed by atoms with Gasteiger partial charge in [0.1, 0.15) is 6.07 Å². The Labute approximate surface area is 157 Å². The van der Waals surface area contributed by atoms with Crippen LogP contribution in [0.25, 0.3) is 0 Å². The van der Waals surface area contributed by atoms with Crippen molar-refractivity contribution in [2.75, 3.05) is 13.1 Å². The van der Waals surface area contributed by atoms with Gasteiger partial charge in [-0.05, 0) is 30.7 Å². The highest BCUT2D eigenvalue weighted by atomic mass is 32.2. The van der Waals surface area contributed by atoms with Gasteiger partial charge in [0.2, 0.25) is 5.91 Å². The summed E-state index contributed by atoms with van der Waals surface area (Å²) < 4.78 is 0. The van der Waals surface area contributed by atoms with E-state index in [1.165, 1.54) is 11.8 Å². The van der Waals surface area contributed by atoms with Crippen LogP contribution in [0.1, 0.15) is 35.7 Å². The van der Waals surface area contributed by atoms with Gasteiger partial charge in [0, 0.05) is 29.3 Å². The predicted octanol–water partition coefficient (Wildman–Crippen LogP) is 3.36. The third-order valence-electron chi connectivity index (χ3n) is 3.57. The Bertz CT molecular complexity index is 815. The van der Waals surface area contributed by atoms with Crippen molar-refractivity contribution in [1.82, 2.24) is 10.6 Å². The summed E-state index contributed by atoms with van der Waals surface area (Å²) in [5.74, 6) is -0.302. The molecule has 0 spiro atoms. The van der Waals surface area contributed by atoms with E-state index in [0.29, 0.717) is 17.7 Å². The van der Waals surface area contributed by atoms with Crippen molar-refractivity contribution >= 4 is 23.6 Å². The van der Waals surface area contributed by atoms with Gasteiger partial charge in [-0.15, -0.1) is 0 Å². The Morgan fingerprint density at radius 1 is 1.00 bits per heavy atom. The average molecular weight is 367 g/mol. The highest BCUT2D eigenvalue weighted by Crippen LogP contribution is 2.32. The number of hydrogen-bond acceptors (Lipinski definition) is 4. The van der Waals surface area contributed by atoms with E-state index >= 15 is 0 Å². The van der Waals surface area contributed by atoms with E-state index in [0.717, 1.165) is 16.2 Å². The van der Waals surface area contributed by atoms with Crippen LogP contribution in [0.2, 0.25) is 0 Å². The number of amides is 2. The number of rotatable bonds is 8. The normalized spacial score (nSPS) is 10.0. The van der Waals surface area contributed by atoms with Crippen LogP contribution in [-0.2, 0) is 4.79 Å². The van der Waals surface area contributed by atoms with Crippen LogP contribution in [0.15, 0.2) is 58.3 Å². The highest BCUT2D eigenvalue weighted by Gasteiger charge is 2.13. The molecular formula is C20H21N3O2S. The van der Waals surface area contributed by atoms with Crippen molar-refractivity contribution in [1.29, 1.82) is 5.26 Å². The smallest absolute Gasteiger partial charge is 0.252 e. The molecule has 0 aliphatic heterocycles. The van der Waals surface area contributed by atoms with Crippen LogP contribution in [0, 0.1) is 11.3 Å². The lowest BCUT2D eigenvalue weighted by atomic mass is 10.2. The van der Waals surface area contributed by atoms with Crippen LogP contribution in [0.5, 0.6) is 0 Å². The van der Waals surface area contributed by atoms with E-state index in [1.54, 1.807) is 18.2 Å². The lowest BCUT2D eigenvalue weighted by Gasteiger charge is -2.10. The molecule has 0 aliphatic carbocycles. The second-order valence-electron chi connectivity index (χ2n) is 5.56. The lowest BCUT2D eigenvalue weighted by molar-refractivity contribution is -0.120. The summed E-state index contributed by atoms with van der Waals surface area (Å²) in [7, 11) is 0. The second-order valence-corrected chi connectivity index (χ2v) is 6.65. The minimum atomic E-state index is -0.231. The van der Waals surface area contributed by atoms with Crippen molar-refractivity contribution in [3.63, 3.8) is 0 Å². The first-order valence-electron chi connectivity index (χ1n) is 8.46. The Balaban J connectivity index is 2.03. The molecule has 2 aromatic carbocycles. The van der Waals surface area contributed by atoms with Crippen LogP contribution in [-0.4, -0.2) is 24.9 Å². The summed E-state index contributed by atoms with van der Waals surface area (Å²) in [5.41, 5.74) is 1.10. The molecule has 6 heteroatoms. The molecule has 134 valence electrons. The fourth-order valence-corrected chi connectivity index (χ4v) is 3.27. The first-order chi connectivity index (χ1) is 12.7. The zero-order valence-electron chi connectivity index (χ0n) is 14.6. The lowest BCUT2D eigenvalue weighted by Crippen LogP contribution is -2.31. The first-order valence-corrected chi connectivity index (χ1v) is 9.28. The van der Waals surface area contributed by atoms with Gasteiger partial charge in [-0.1, -0.05) is 43.0 Å². The summed E-state index contributed by atoms with van der Waals surface area (Å²) >= 11 is 1.38. The van der Waals surface area contributed by atoms with Gasteiger partial charge < -0.3 is 10.6 Å². The van der Waals surface area contributed by atoms with Gasteiger partial charge in [-0.2, -0.15) is 5.26 Å². The van der Waals surface area contributed by atoms with E-state index in [2.05, 4.69) is 16.7 Å². The molecule has 5 nitrogen and oxygen atoms in total. The average Bonchev–Trinajstić information content (AvgIpc) is 2.67. The summed E-state index contributed by atoms with van der Waals surface area (Å²) in [4.78, 5) is 25.7. The third kappa shape index (κ3) is 5.64. The molecule has 0 unspecified atom stereocenters. The number of hydrogen-bond donors (Lipinski definition) is 2. The molecule has 0 atom stereocenters. The molecule has 2 N–H and O–H groups in total. The fourth-order valence-electron chi connectivity index (χ4n) is 2.25. The predicted molar refractivity (Wildman–Crippen MR) is 102 cm³/mol. The summed E-state index contributed by atoms with van der Waals surface area (Å²) in [6.45, 7) is 2.91. The summed E-state index contributed by atoms with van der Waals surface area (Å²) in [6, 6.07) is 16.7. The molecule has 0 radical (unpaired) electrons. The number of carbonyl (C=O) groups is 2. The van der Waals surface area contributed by atoms with Gasteiger partial charge in [-0.3, -0.25) is 9.59 Å². The SMILES string of the molecule is CCCNC(=O)CCNC(=O)c1ccccc1Sc1ccccc1C#N. The molecule has 2 amide bonds. The zero-order valence-corrected chi connectivity index (χ0v) is 15.4. The number of nitriles is 1. The van der Waals surface area contributed by atoms with Crippen LogP contribution >= 0.6 is 11.8 Å². The van der Waals surface area contributed by atoms with Crippen LogP contribution in [0.4, 0.5) is 0 Å². The van der Waals surface area contributed by atoms with Crippen molar-refractivity contribution in [3.05, 3.63) is 59.7 Å². The molecule has 0 aromatic heterocycles. The van der Waals surface area contributed by atoms with Gasteiger partial charge in [0.25, 0.3) is 5.91 Å². The molecule has 0 bridgehead atoms. The van der Waals surface area contributed by atoms with E-state index in [1.807, 2.05) is 37.3 Å². The minimum absolute atomic E-state index is 0.0715. The quantitative estimate of drug-likeness (QED) is 0.749. The molecule has 0 fully saturated rings. The zero-order chi connectivity index (χ0) is 18.8. The topological polar surface area (TPSA) is 82.0 Å². The highest BCUT2D eigenvalue weighted by molar-refractivity contribution is 7.99. The Morgan fingerprint density at radius 2 is 1.69 bits per heavy atom. The second kappa shape index (κ2) is 10.3. The maximum absolute atomic E-state index is 12.5. The van der Waals surface area contributed by atoms with Gasteiger partial charge in [0.05, 0.1) is 11.1 Å². The van der Waals surface area contributed by atoms with E-state index in [9.17, 15) is 14.9 Å². The molecule has 0 saturated heterocycles. The van der Waals surface area contributed by atoms with Crippen molar-refractivity contribution < 1.29 is 9.59 Å². The van der Waals surface area contributed by atoms with Gasteiger partial charge in [0.15, 0.2) is 0 Å². The molecule has 0 heterocycles. The largest absolute Gasteiger partial charge is 0.356 e. The standard InChI is InChI=1S/C20H21N3O2S/c1-2-12-22-19(24)11-13-23-20(25)16-8-4-6-10-18(16)26-17-9-5-3-7-15(17)14-21/h3-10H,2,11-13H2,1H3,(H,22,24)(H,23,25). The first kappa shape index (κ1) is 19.5. The summed E-state index contributed by atoms with van der Waals surface area (Å²) in [5, 5.41) is 14.8. The van der Waals surface area contributed by atoms with Gasteiger partial charge in [-0.25, -0.2) is 0 Å².